The van der Waals surface area contributed by atoms with E-state index in [1.54, 1.807) is 7.11 Å². The molecule has 1 aliphatic heterocycles. The summed E-state index contributed by atoms with van der Waals surface area (Å²) in [5.74, 6) is 1.71. The molecule has 0 saturated heterocycles. The molecule has 0 amide bonds. The van der Waals surface area contributed by atoms with E-state index < -0.39 is 0 Å². The van der Waals surface area contributed by atoms with Crippen LogP contribution >= 0.6 is 0 Å². The fourth-order valence-electron chi connectivity index (χ4n) is 1.80. The SMILES string of the molecule is COc1cc(N2NNN=C2C)cc(C(C)(C)C)c1. The summed E-state index contributed by atoms with van der Waals surface area (Å²) in [6.45, 7) is 8.48. The van der Waals surface area contributed by atoms with E-state index in [0.717, 1.165) is 17.3 Å². The zero-order valence-electron chi connectivity index (χ0n) is 11.5. The zero-order valence-corrected chi connectivity index (χ0v) is 11.5. The maximum Gasteiger partial charge on any atom is 0.143 e. The van der Waals surface area contributed by atoms with E-state index in [-0.39, 0.29) is 5.41 Å². The molecule has 0 spiro atoms. The van der Waals surface area contributed by atoms with E-state index in [0.29, 0.717) is 0 Å². The number of hydrogen-bond acceptors (Lipinski definition) is 5. The second-order valence-electron chi connectivity index (χ2n) is 5.39. The van der Waals surface area contributed by atoms with Crippen LogP contribution in [0.5, 0.6) is 5.75 Å². The van der Waals surface area contributed by atoms with Crippen LogP contribution in [-0.2, 0) is 5.41 Å². The first kappa shape index (κ1) is 12.7. The largest absolute Gasteiger partial charge is 0.497 e. The molecule has 18 heavy (non-hydrogen) atoms. The lowest BCUT2D eigenvalue weighted by atomic mass is 9.86. The molecular weight excluding hydrogens is 228 g/mol. The lowest BCUT2D eigenvalue weighted by Gasteiger charge is -2.24. The van der Waals surface area contributed by atoms with Crippen molar-refractivity contribution in [2.24, 2.45) is 5.10 Å². The van der Waals surface area contributed by atoms with Crippen molar-refractivity contribution < 1.29 is 4.74 Å². The van der Waals surface area contributed by atoms with Gasteiger partial charge in [0, 0.05) is 6.07 Å². The molecule has 1 heterocycles. The number of rotatable bonds is 2. The Kier molecular flexibility index (Phi) is 3.17. The third-order valence-electron chi connectivity index (χ3n) is 2.95. The molecule has 0 aliphatic carbocycles. The van der Waals surface area contributed by atoms with E-state index in [9.17, 15) is 0 Å². The summed E-state index contributed by atoms with van der Waals surface area (Å²) in [6.07, 6.45) is 0. The monoisotopic (exact) mass is 248 g/mol. The van der Waals surface area contributed by atoms with E-state index in [4.69, 9.17) is 4.74 Å². The van der Waals surface area contributed by atoms with Crippen LogP contribution in [0.1, 0.15) is 33.3 Å². The Morgan fingerprint density at radius 2 is 1.94 bits per heavy atom. The van der Waals surface area contributed by atoms with Crippen LogP contribution in [0, 0.1) is 0 Å². The van der Waals surface area contributed by atoms with Crippen molar-refractivity contribution in [1.82, 2.24) is 11.1 Å². The van der Waals surface area contributed by atoms with E-state index >= 15 is 0 Å². The van der Waals surface area contributed by atoms with Gasteiger partial charge in [0.1, 0.15) is 11.6 Å². The number of hydrazine groups is 2. The molecule has 1 aromatic carbocycles. The van der Waals surface area contributed by atoms with Gasteiger partial charge in [-0.1, -0.05) is 20.8 Å². The lowest BCUT2D eigenvalue weighted by Crippen LogP contribution is -2.40. The minimum absolute atomic E-state index is 0.0709. The highest BCUT2D eigenvalue weighted by atomic mass is 16.5. The smallest absolute Gasteiger partial charge is 0.143 e. The van der Waals surface area contributed by atoms with Crippen LogP contribution in [0.15, 0.2) is 23.3 Å². The molecule has 0 aromatic heterocycles. The summed E-state index contributed by atoms with van der Waals surface area (Å²) in [5.41, 5.74) is 8.01. The normalized spacial score (nSPS) is 15.4. The van der Waals surface area contributed by atoms with E-state index in [1.807, 2.05) is 18.0 Å². The van der Waals surface area contributed by atoms with Gasteiger partial charge in [-0.05, 0) is 30.0 Å². The van der Waals surface area contributed by atoms with Crippen LogP contribution < -0.4 is 20.8 Å². The summed E-state index contributed by atoms with van der Waals surface area (Å²) in [5, 5.41) is 5.97. The zero-order chi connectivity index (χ0) is 13.3. The number of anilines is 1. The van der Waals surface area contributed by atoms with E-state index in [1.165, 1.54) is 5.56 Å². The Balaban J connectivity index is 2.44. The van der Waals surface area contributed by atoms with Crippen LogP contribution in [0.2, 0.25) is 0 Å². The highest BCUT2D eigenvalue weighted by molar-refractivity contribution is 5.96. The van der Waals surface area contributed by atoms with Crippen molar-refractivity contribution in [2.75, 3.05) is 12.1 Å². The Morgan fingerprint density at radius 1 is 1.22 bits per heavy atom. The van der Waals surface area contributed by atoms with Crippen molar-refractivity contribution >= 4 is 11.5 Å². The van der Waals surface area contributed by atoms with Crippen molar-refractivity contribution in [3.63, 3.8) is 0 Å². The maximum atomic E-state index is 5.37. The van der Waals surface area contributed by atoms with Gasteiger partial charge in [-0.3, -0.25) is 0 Å². The third-order valence-corrected chi connectivity index (χ3v) is 2.95. The molecule has 0 saturated carbocycles. The third kappa shape index (κ3) is 2.41. The summed E-state index contributed by atoms with van der Waals surface area (Å²) >= 11 is 0. The highest BCUT2D eigenvalue weighted by Crippen LogP contribution is 2.31. The molecule has 2 N–H and O–H groups in total. The number of hydrazone groups is 1. The molecule has 2 rings (SSSR count). The van der Waals surface area contributed by atoms with Crippen molar-refractivity contribution in [3.05, 3.63) is 23.8 Å². The Bertz CT molecular complexity index is 476. The van der Waals surface area contributed by atoms with Gasteiger partial charge in [0.2, 0.25) is 0 Å². The number of amidine groups is 1. The predicted molar refractivity (Wildman–Crippen MR) is 73.6 cm³/mol. The molecule has 0 unspecified atom stereocenters. The number of benzene rings is 1. The first-order valence-electron chi connectivity index (χ1n) is 5.96. The van der Waals surface area contributed by atoms with Crippen molar-refractivity contribution in [3.8, 4) is 5.75 Å². The number of ether oxygens (including phenoxy) is 1. The topological polar surface area (TPSA) is 48.9 Å². The van der Waals surface area contributed by atoms with Gasteiger partial charge >= 0.3 is 0 Å². The number of hydrogen-bond donors (Lipinski definition) is 2. The summed E-state index contributed by atoms with van der Waals surface area (Å²) < 4.78 is 5.37. The first-order valence-corrected chi connectivity index (χ1v) is 5.96. The Labute approximate surface area is 108 Å². The van der Waals surface area contributed by atoms with Crippen molar-refractivity contribution in [1.29, 1.82) is 0 Å². The van der Waals surface area contributed by atoms with Gasteiger partial charge in [-0.25, -0.2) is 10.5 Å². The lowest BCUT2D eigenvalue weighted by molar-refractivity contribution is 0.412. The number of nitrogens with one attached hydrogen (secondary N) is 2. The summed E-state index contributed by atoms with van der Waals surface area (Å²) in [4.78, 5) is 0. The average molecular weight is 248 g/mol. The average Bonchev–Trinajstić information content (AvgIpc) is 2.73. The molecule has 98 valence electrons. The Morgan fingerprint density at radius 3 is 2.44 bits per heavy atom. The van der Waals surface area contributed by atoms with E-state index in [2.05, 4.69) is 49.1 Å². The molecule has 0 bridgehead atoms. The highest BCUT2D eigenvalue weighted by Gasteiger charge is 2.20. The predicted octanol–water partition coefficient (Wildman–Crippen LogP) is 2.16. The fourth-order valence-corrected chi connectivity index (χ4v) is 1.80. The van der Waals surface area contributed by atoms with Gasteiger partial charge in [-0.2, -0.15) is 0 Å². The maximum absolute atomic E-state index is 5.37. The molecule has 0 fully saturated rings. The van der Waals surface area contributed by atoms with Crippen LogP contribution in [0.3, 0.4) is 0 Å². The quantitative estimate of drug-likeness (QED) is 0.842. The molecule has 0 atom stereocenters. The minimum atomic E-state index is 0.0709. The van der Waals surface area contributed by atoms with Crippen LogP contribution in [0.4, 0.5) is 5.69 Å². The number of methoxy groups -OCH3 is 1. The fraction of sp³-hybridized carbons (Fsp3) is 0.462. The van der Waals surface area contributed by atoms with Gasteiger partial charge in [-0.15, -0.1) is 10.6 Å². The molecule has 5 nitrogen and oxygen atoms in total. The Hall–Kier alpha value is -1.75. The number of nitrogens with zero attached hydrogens (tertiary/aromatic N) is 2. The van der Waals surface area contributed by atoms with Gasteiger partial charge < -0.3 is 4.74 Å². The second-order valence-corrected chi connectivity index (χ2v) is 5.39. The molecule has 5 heteroatoms. The summed E-state index contributed by atoms with van der Waals surface area (Å²) in [6, 6.07) is 6.19. The second kappa shape index (κ2) is 4.49. The molecular formula is C13H20N4O. The van der Waals surface area contributed by atoms with Gasteiger partial charge in [0.25, 0.3) is 0 Å². The van der Waals surface area contributed by atoms with Gasteiger partial charge in [0.15, 0.2) is 0 Å². The first-order chi connectivity index (χ1) is 8.41. The molecule has 1 aromatic rings. The van der Waals surface area contributed by atoms with Crippen molar-refractivity contribution in [2.45, 2.75) is 33.1 Å². The standard InChI is InChI=1S/C13H20N4O/c1-9-14-15-16-17(9)11-6-10(13(2,3)4)7-12(8-11)18-5/h6-8,15-16H,1-5H3. The molecule has 0 radical (unpaired) electrons. The van der Waals surface area contributed by atoms with Gasteiger partial charge in [0.05, 0.1) is 12.8 Å². The van der Waals surface area contributed by atoms with Crippen LogP contribution in [-0.4, -0.2) is 12.9 Å². The minimum Gasteiger partial charge on any atom is -0.497 e. The summed E-state index contributed by atoms with van der Waals surface area (Å²) in [7, 11) is 1.68. The molecule has 1 aliphatic rings. The van der Waals surface area contributed by atoms with Crippen LogP contribution in [0.25, 0.3) is 0 Å².